The summed E-state index contributed by atoms with van der Waals surface area (Å²) in [4.78, 5) is 20.1. The van der Waals surface area contributed by atoms with Crippen LogP contribution in [-0.2, 0) is 0 Å². The van der Waals surface area contributed by atoms with Crippen LogP contribution < -0.4 is 16.8 Å². The number of nitrogens with zero attached hydrogens (tertiary/aromatic N) is 2. The van der Waals surface area contributed by atoms with Gasteiger partial charge in [-0.25, -0.2) is 9.97 Å². The lowest BCUT2D eigenvalue weighted by molar-refractivity contribution is 0.100. The molecule has 0 aliphatic rings. The zero-order valence-corrected chi connectivity index (χ0v) is 13.4. The number of carbonyl (C=O) groups is 1. The summed E-state index contributed by atoms with van der Waals surface area (Å²) in [6, 6.07) is 5.16. The number of allylic oxidation sites excluding steroid dienone is 2. The summed E-state index contributed by atoms with van der Waals surface area (Å²) in [5.41, 5.74) is 13.0. The molecule has 1 heterocycles. The summed E-state index contributed by atoms with van der Waals surface area (Å²) in [6.07, 6.45) is 7.42. The van der Waals surface area contributed by atoms with Crippen molar-refractivity contribution >= 4 is 22.6 Å². The van der Waals surface area contributed by atoms with Gasteiger partial charge in [-0.3, -0.25) is 4.79 Å². The average molecular weight is 323 g/mol. The SMILES string of the molecule is C=C/C=C(\C=C)[C@@H](CCN)Nc1ncnc2c(C(N)=O)cccc12. The molecular weight excluding hydrogens is 302 g/mol. The van der Waals surface area contributed by atoms with Crippen LogP contribution in [0.15, 0.2) is 61.5 Å². The van der Waals surface area contributed by atoms with Crippen molar-refractivity contribution in [3.8, 4) is 0 Å². The molecule has 0 saturated heterocycles. The first-order valence-corrected chi connectivity index (χ1v) is 7.57. The number of fused-ring (bicyclic) bond motifs is 1. The van der Waals surface area contributed by atoms with Gasteiger partial charge in [-0.15, -0.1) is 0 Å². The lowest BCUT2D eigenvalue weighted by Crippen LogP contribution is -2.25. The molecule has 0 radical (unpaired) electrons. The summed E-state index contributed by atoms with van der Waals surface area (Å²) in [7, 11) is 0. The fourth-order valence-electron chi connectivity index (χ4n) is 2.52. The maximum atomic E-state index is 11.6. The molecule has 124 valence electrons. The highest BCUT2D eigenvalue weighted by Crippen LogP contribution is 2.24. The molecule has 0 saturated carbocycles. The van der Waals surface area contributed by atoms with Crippen molar-refractivity contribution in [1.29, 1.82) is 0 Å². The van der Waals surface area contributed by atoms with Crippen molar-refractivity contribution in [1.82, 2.24) is 9.97 Å². The van der Waals surface area contributed by atoms with Crippen LogP contribution in [0.4, 0.5) is 5.82 Å². The number of rotatable bonds is 8. The van der Waals surface area contributed by atoms with Crippen LogP contribution in [0.25, 0.3) is 10.9 Å². The highest BCUT2D eigenvalue weighted by atomic mass is 16.1. The van der Waals surface area contributed by atoms with Gasteiger partial charge in [0, 0.05) is 5.39 Å². The van der Waals surface area contributed by atoms with Gasteiger partial charge >= 0.3 is 0 Å². The molecule has 1 aromatic heterocycles. The summed E-state index contributed by atoms with van der Waals surface area (Å²) >= 11 is 0. The molecule has 0 bridgehead atoms. The van der Waals surface area contributed by atoms with Crippen LogP contribution in [0.2, 0.25) is 0 Å². The minimum absolute atomic E-state index is 0.0826. The number of nitrogens with two attached hydrogens (primary N) is 2. The molecule has 6 nitrogen and oxygen atoms in total. The van der Waals surface area contributed by atoms with E-state index in [2.05, 4.69) is 28.4 Å². The van der Waals surface area contributed by atoms with Gasteiger partial charge in [-0.05, 0) is 30.7 Å². The normalized spacial score (nSPS) is 12.6. The largest absolute Gasteiger partial charge is 0.366 e. The number of primary amides is 1. The second-order valence-electron chi connectivity index (χ2n) is 5.17. The molecule has 0 aliphatic carbocycles. The fraction of sp³-hybridized carbons (Fsp3) is 0.167. The Bertz CT molecular complexity index is 797. The highest BCUT2D eigenvalue weighted by molar-refractivity contribution is 6.06. The Labute approximate surface area is 141 Å². The van der Waals surface area contributed by atoms with Crippen LogP contribution in [0.5, 0.6) is 0 Å². The standard InChI is InChI=1S/C18H21N5O/c1-3-6-12(4-2)15(9-10-19)23-18-14-8-5-7-13(17(20)24)16(14)21-11-22-18/h3-8,11,15H,1-2,9-10,19H2,(H2,20,24)(H,21,22,23)/b12-6+/t15-/m1/s1. The van der Waals surface area contributed by atoms with Crippen molar-refractivity contribution in [3.05, 3.63) is 67.0 Å². The third kappa shape index (κ3) is 3.67. The smallest absolute Gasteiger partial charge is 0.250 e. The van der Waals surface area contributed by atoms with E-state index in [0.29, 0.717) is 29.9 Å². The Hall–Kier alpha value is -2.99. The number of para-hydroxylation sites is 1. The number of amides is 1. The Morgan fingerprint density at radius 3 is 2.75 bits per heavy atom. The van der Waals surface area contributed by atoms with Crippen LogP contribution >= 0.6 is 0 Å². The third-order valence-electron chi connectivity index (χ3n) is 3.64. The summed E-state index contributed by atoms with van der Waals surface area (Å²) in [6.45, 7) is 8.05. The number of benzene rings is 1. The number of hydrogen-bond donors (Lipinski definition) is 3. The molecule has 1 amide bonds. The topological polar surface area (TPSA) is 107 Å². The molecule has 1 aromatic carbocycles. The van der Waals surface area contributed by atoms with Gasteiger partial charge in [-0.2, -0.15) is 0 Å². The Kier molecular flexibility index (Phi) is 5.81. The first-order valence-electron chi connectivity index (χ1n) is 7.57. The Balaban J connectivity index is 2.49. The Morgan fingerprint density at radius 1 is 1.33 bits per heavy atom. The summed E-state index contributed by atoms with van der Waals surface area (Å²) in [5.74, 6) is 0.0838. The minimum Gasteiger partial charge on any atom is -0.366 e. The molecule has 0 spiro atoms. The first-order chi connectivity index (χ1) is 11.6. The van der Waals surface area contributed by atoms with Crippen LogP contribution in [0, 0.1) is 0 Å². The molecule has 0 unspecified atom stereocenters. The Morgan fingerprint density at radius 2 is 2.12 bits per heavy atom. The van der Waals surface area contributed by atoms with E-state index in [9.17, 15) is 4.79 Å². The maximum absolute atomic E-state index is 11.6. The molecule has 24 heavy (non-hydrogen) atoms. The molecule has 6 heteroatoms. The van der Waals surface area contributed by atoms with Gasteiger partial charge in [-0.1, -0.05) is 37.5 Å². The zero-order valence-electron chi connectivity index (χ0n) is 13.4. The molecule has 1 atom stereocenters. The average Bonchev–Trinajstić information content (AvgIpc) is 2.59. The van der Waals surface area contributed by atoms with E-state index < -0.39 is 5.91 Å². The monoisotopic (exact) mass is 323 g/mol. The van der Waals surface area contributed by atoms with Crippen molar-refractivity contribution in [2.24, 2.45) is 11.5 Å². The lowest BCUT2D eigenvalue weighted by atomic mass is 10.0. The van der Waals surface area contributed by atoms with E-state index in [4.69, 9.17) is 11.5 Å². The molecule has 0 fully saturated rings. The van der Waals surface area contributed by atoms with Crippen LogP contribution in [0.1, 0.15) is 16.8 Å². The highest BCUT2D eigenvalue weighted by Gasteiger charge is 2.15. The van der Waals surface area contributed by atoms with Crippen molar-refractivity contribution in [2.45, 2.75) is 12.5 Å². The van der Waals surface area contributed by atoms with E-state index >= 15 is 0 Å². The molecular formula is C18H21N5O. The second-order valence-corrected chi connectivity index (χ2v) is 5.17. The van der Waals surface area contributed by atoms with Crippen LogP contribution in [0.3, 0.4) is 0 Å². The van der Waals surface area contributed by atoms with Gasteiger partial charge in [0.1, 0.15) is 12.1 Å². The zero-order chi connectivity index (χ0) is 17.5. The summed E-state index contributed by atoms with van der Waals surface area (Å²) < 4.78 is 0. The molecule has 2 aromatic rings. The quantitative estimate of drug-likeness (QED) is 0.645. The van der Waals surface area contributed by atoms with E-state index in [1.54, 1.807) is 24.3 Å². The number of carbonyl (C=O) groups excluding carboxylic acids is 1. The van der Waals surface area contributed by atoms with Crippen molar-refractivity contribution in [2.75, 3.05) is 11.9 Å². The maximum Gasteiger partial charge on any atom is 0.250 e. The second kappa shape index (κ2) is 8.03. The number of hydrogen-bond acceptors (Lipinski definition) is 5. The minimum atomic E-state index is -0.526. The molecule has 0 aliphatic heterocycles. The third-order valence-corrected chi connectivity index (χ3v) is 3.64. The number of aromatic nitrogens is 2. The molecule has 5 N–H and O–H groups in total. The predicted molar refractivity (Wildman–Crippen MR) is 97.6 cm³/mol. The number of anilines is 1. The van der Waals surface area contributed by atoms with Gasteiger partial charge < -0.3 is 16.8 Å². The summed E-state index contributed by atoms with van der Waals surface area (Å²) in [5, 5.41) is 4.07. The van der Waals surface area contributed by atoms with E-state index in [1.165, 1.54) is 6.33 Å². The van der Waals surface area contributed by atoms with Gasteiger partial charge in [0.2, 0.25) is 0 Å². The van der Waals surface area contributed by atoms with Gasteiger partial charge in [0.25, 0.3) is 5.91 Å². The fourth-order valence-corrected chi connectivity index (χ4v) is 2.52. The molecule has 2 rings (SSSR count). The van der Waals surface area contributed by atoms with Crippen LogP contribution in [-0.4, -0.2) is 28.5 Å². The van der Waals surface area contributed by atoms with E-state index in [0.717, 1.165) is 11.0 Å². The van der Waals surface area contributed by atoms with Gasteiger partial charge in [0.05, 0.1) is 17.1 Å². The predicted octanol–water partition coefficient (Wildman–Crippen LogP) is 2.16. The first kappa shape index (κ1) is 17.4. The van der Waals surface area contributed by atoms with Gasteiger partial charge in [0.15, 0.2) is 0 Å². The van der Waals surface area contributed by atoms with E-state index in [1.807, 2.05) is 12.1 Å². The van der Waals surface area contributed by atoms with Crippen molar-refractivity contribution in [3.63, 3.8) is 0 Å². The van der Waals surface area contributed by atoms with Crippen molar-refractivity contribution < 1.29 is 4.79 Å². The van der Waals surface area contributed by atoms with E-state index in [-0.39, 0.29) is 6.04 Å². The number of nitrogens with one attached hydrogen (secondary N) is 1. The lowest BCUT2D eigenvalue weighted by Gasteiger charge is -2.21.